The summed E-state index contributed by atoms with van der Waals surface area (Å²) in [6, 6.07) is 0.625. The van der Waals surface area contributed by atoms with Crippen molar-refractivity contribution in [2.75, 3.05) is 38.8 Å². The molecule has 0 bridgehead atoms. The molecule has 92 valence electrons. The smallest absolute Gasteiger partial charge is 0.0709 e. The number of ether oxygens (including phenoxy) is 1. The Morgan fingerprint density at radius 3 is 2.60 bits per heavy atom. The van der Waals surface area contributed by atoms with Gasteiger partial charge in [0.1, 0.15) is 0 Å². The molecule has 0 heterocycles. The summed E-state index contributed by atoms with van der Waals surface area (Å²) in [5, 5.41) is 0. The second-order valence-corrected chi connectivity index (χ2v) is 4.80. The van der Waals surface area contributed by atoms with Crippen molar-refractivity contribution in [3.05, 3.63) is 0 Å². The van der Waals surface area contributed by atoms with Gasteiger partial charge in [-0.1, -0.05) is 0 Å². The van der Waals surface area contributed by atoms with Crippen molar-refractivity contribution in [3.63, 3.8) is 0 Å². The van der Waals surface area contributed by atoms with E-state index >= 15 is 0 Å². The fourth-order valence-electron chi connectivity index (χ4n) is 1.44. The predicted octanol–water partition coefficient (Wildman–Crippen LogP) is 1.42. The molecular formula is C11H26N2OS. The lowest BCUT2D eigenvalue weighted by molar-refractivity contribution is 0.0544. The topological polar surface area (TPSA) is 38.5 Å². The molecule has 2 N–H and O–H groups in total. The first-order chi connectivity index (χ1) is 7.15. The largest absolute Gasteiger partial charge is 0.377 e. The molecule has 0 saturated heterocycles. The number of nitrogens with two attached hydrogens (primary N) is 1. The van der Waals surface area contributed by atoms with Gasteiger partial charge >= 0.3 is 0 Å². The fourth-order valence-corrected chi connectivity index (χ4v) is 2.18. The van der Waals surface area contributed by atoms with E-state index in [4.69, 9.17) is 10.5 Å². The van der Waals surface area contributed by atoms with E-state index in [0.717, 1.165) is 19.6 Å². The fraction of sp³-hybridized carbons (Fsp3) is 1.00. The normalized spacial score (nSPS) is 15.6. The van der Waals surface area contributed by atoms with E-state index in [-0.39, 0.29) is 6.10 Å². The Balaban J connectivity index is 3.71. The maximum absolute atomic E-state index is 5.63. The van der Waals surface area contributed by atoms with Crippen LogP contribution in [0.4, 0.5) is 0 Å². The van der Waals surface area contributed by atoms with Crippen molar-refractivity contribution in [2.24, 2.45) is 5.73 Å². The van der Waals surface area contributed by atoms with E-state index in [1.807, 2.05) is 18.7 Å². The molecule has 2 atom stereocenters. The molecule has 0 spiro atoms. The minimum Gasteiger partial charge on any atom is -0.377 e. The van der Waals surface area contributed by atoms with E-state index in [9.17, 15) is 0 Å². The highest BCUT2D eigenvalue weighted by atomic mass is 32.2. The van der Waals surface area contributed by atoms with Gasteiger partial charge in [-0.15, -0.1) is 0 Å². The molecule has 0 aromatic rings. The lowest BCUT2D eigenvalue weighted by atomic mass is 10.2. The summed E-state index contributed by atoms with van der Waals surface area (Å²) >= 11 is 1.89. The quantitative estimate of drug-likeness (QED) is 0.655. The number of hydrogen-bond donors (Lipinski definition) is 1. The average Bonchev–Trinajstić information content (AvgIpc) is 2.24. The summed E-state index contributed by atoms with van der Waals surface area (Å²) < 4.78 is 5.52. The summed E-state index contributed by atoms with van der Waals surface area (Å²) in [7, 11) is 2.17. The van der Waals surface area contributed by atoms with Crippen molar-refractivity contribution < 1.29 is 4.74 Å². The van der Waals surface area contributed by atoms with E-state index < -0.39 is 0 Å². The van der Waals surface area contributed by atoms with Crippen LogP contribution in [0.2, 0.25) is 0 Å². The molecule has 0 aliphatic heterocycles. The number of nitrogens with zero attached hydrogens (tertiary/aromatic N) is 1. The molecule has 0 saturated carbocycles. The second-order valence-electron chi connectivity index (χ2n) is 3.89. The maximum Gasteiger partial charge on any atom is 0.0709 e. The van der Waals surface area contributed by atoms with Crippen LogP contribution in [0.25, 0.3) is 0 Å². The molecule has 0 aromatic carbocycles. The molecule has 15 heavy (non-hydrogen) atoms. The van der Waals surface area contributed by atoms with Crippen molar-refractivity contribution >= 4 is 11.8 Å². The Morgan fingerprint density at radius 1 is 1.47 bits per heavy atom. The number of rotatable bonds is 9. The van der Waals surface area contributed by atoms with Crippen LogP contribution in [0.1, 0.15) is 20.3 Å². The van der Waals surface area contributed by atoms with Crippen molar-refractivity contribution in [3.8, 4) is 0 Å². The van der Waals surface area contributed by atoms with Crippen LogP contribution < -0.4 is 5.73 Å². The molecule has 0 amide bonds. The Morgan fingerprint density at radius 2 is 2.13 bits per heavy atom. The molecule has 0 aromatic heterocycles. The SMILES string of the molecule is CCOC(CN)CCN(C)C(C)CSC. The second kappa shape index (κ2) is 9.46. The van der Waals surface area contributed by atoms with Crippen LogP contribution in [0.3, 0.4) is 0 Å². The number of hydrogen-bond acceptors (Lipinski definition) is 4. The van der Waals surface area contributed by atoms with Crippen molar-refractivity contribution in [1.82, 2.24) is 4.90 Å². The summed E-state index contributed by atoms with van der Waals surface area (Å²) in [6.07, 6.45) is 3.39. The van der Waals surface area contributed by atoms with Gasteiger partial charge in [0.2, 0.25) is 0 Å². The molecule has 2 unspecified atom stereocenters. The Bertz CT molecular complexity index is 147. The molecule has 0 rings (SSSR count). The van der Waals surface area contributed by atoms with Gasteiger partial charge in [-0.3, -0.25) is 0 Å². The van der Waals surface area contributed by atoms with Crippen molar-refractivity contribution in [1.29, 1.82) is 0 Å². The van der Waals surface area contributed by atoms with Crippen molar-refractivity contribution in [2.45, 2.75) is 32.4 Å². The van der Waals surface area contributed by atoms with Gasteiger partial charge in [0, 0.05) is 31.5 Å². The lowest BCUT2D eigenvalue weighted by Crippen LogP contribution is -2.35. The minimum absolute atomic E-state index is 0.221. The van der Waals surface area contributed by atoms with Crippen LogP contribution in [0, 0.1) is 0 Å². The highest BCUT2D eigenvalue weighted by molar-refractivity contribution is 7.98. The molecule has 0 fully saturated rings. The van der Waals surface area contributed by atoms with Crippen LogP contribution >= 0.6 is 11.8 Å². The molecule has 0 aliphatic rings. The van der Waals surface area contributed by atoms with E-state index in [1.54, 1.807) is 0 Å². The van der Waals surface area contributed by atoms with Gasteiger partial charge in [0.15, 0.2) is 0 Å². The zero-order valence-corrected chi connectivity index (χ0v) is 11.3. The molecular weight excluding hydrogens is 208 g/mol. The first-order valence-corrected chi connectivity index (χ1v) is 7.05. The molecule has 4 heteroatoms. The Labute approximate surface area is 98.7 Å². The van der Waals surface area contributed by atoms with Crippen LogP contribution in [-0.2, 0) is 4.74 Å². The Kier molecular flexibility index (Phi) is 9.60. The van der Waals surface area contributed by atoms with Gasteiger partial charge in [0.05, 0.1) is 6.10 Å². The maximum atomic E-state index is 5.63. The third-order valence-corrected chi connectivity index (χ3v) is 3.45. The van der Waals surface area contributed by atoms with Gasteiger partial charge in [-0.2, -0.15) is 11.8 Å². The summed E-state index contributed by atoms with van der Waals surface area (Å²) in [5.74, 6) is 1.18. The monoisotopic (exact) mass is 234 g/mol. The van der Waals surface area contributed by atoms with Crippen LogP contribution in [0.5, 0.6) is 0 Å². The Hall–Kier alpha value is 0.230. The molecule has 0 aliphatic carbocycles. The highest BCUT2D eigenvalue weighted by Gasteiger charge is 2.11. The predicted molar refractivity (Wildman–Crippen MR) is 69.6 cm³/mol. The first kappa shape index (κ1) is 15.2. The average molecular weight is 234 g/mol. The summed E-state index contributed by atoms with van der Waals surface area (Å²) in [6.45, 7) is 6.71. The van der Waals surface area contributed by atoms with E-state index in [2.05, 4.69) is 25.1 Å². The van der Waals surface area contributed by atoms with Crippen LogP contribution in [0.15, 0.2) is 0 Å². The van der Waals surface area contributed by atoms with E-state index in [1.165, 1.54) is 5.75 Å². The van der Waals surface area contributed by atoms with Gasteiger partial charge in [-0.25, -0.2) is 0 Å². The zero-order chi connectivity index (χ0) is 11.7. The molecule has 3 nitrogen and oxygen atoms in total. The minimum atomic E-state index is 0.221. The van der Waals surface area contributed by atoms with Gasteiger partial charge < -0.3 is 15.4 Å². The first-order valence-electron chi connectivity index (χ1n) is 5.66. The van der Waals surface area contributed by atoms with Gasteiger partial charge in [0.25, 0.3) is 0 Å². The third-order valence-electron chi connectivity index (χ3n) is 2.63. The third kappa shape index (κ3) is 7.17. The highest BCUT2D eigenvalue weighted by Crippen LogP contribution is 2.06. The standard InChI is InChI=1S/C11H26N2OS/c1-5-14-11(8-12)6-7-13(3)10(2)9-15-4/h10-11H,5-9,12H2,1-4H3. The lowest BCUT2D eigenvalue weighted by Gasteiger charge is -2.26. The van der Waals surface area contributed by atoms with Gasteiger partial charge in [-0.05, 0) is 33.6 Å². The molecule has 0 radical (unpaired) electrons. The van der Waals surface area contributed by atoms with Crippen LogP contribution in [-0.4, -0.2) is 55.8 Å². The summed E-state index contributed by atoms with van der Waals surface area (Å²) in [4.78, 5) is 2.37. The zero-order valence-electron chi connectivity index (χ0n) is 10.5. The number of thioether (sulfide) groups is 1. The summed E-state index contributed by atoms with van der Waals surface area (Å²) in [5.41, 5.74) is 5.63. The van der Waals surface area contributed by atoms with E-state index in [0.29, 0.717) is 12.6 Å².